The highest BCUT2D eigenvalue weighted by Crippen LogP contribution is 2.50. The van der Waals surface area contributed by atoms with E-state index in [0.717, 1.165) is 54.2 Å². The number of aromatic nitrogens is 1. The molecule has 3 saturated carbocycles. The molecule has 1 N–H and O–H groups in total. The number of aliphatic hydroxyl groups is 1. The number of pyridine rings is 1. The van der Waals surface area contributed by atoms with Crippen LogP contribution in [0.4, 0.5) is 5.82 Å². The second kappa shape index (κ2) is 6.42. The summed E-state index contributed by atoms with van der Waals surface area (Å²) in [4.78, 5) is 22.5. The van der Waals surface area contributed by atoms with E-state index in [1.165, 1.54) is 19.3 Å². The van der Waals surface area contributed by atoms with E-state index in [2.05, 4.69) is 25.7 Å². The zero-order valence-corrected chi connectivity index (χ0v) is 18.4. The van der Waals surface area contributed by atoms with E-state index in [0.29, 0.717) is 30.0 Å². The summed E-state index contributed by atoms with van der Waals surface area (Å²) < 4.78 is 6.34. The molecular weight excluding hydrogens is 378 g/mol. The van der Waals surface area contributed by atoms with Crippen LogP contribution in [0.1, 0.15) is 66.2 Å². The number of piperidine rings is 1. The Morgan fingerprint density at radius 2 is 1.97 bits per heavy atom. The lowest BCUT2D eigenvalue weighted by atomic mass is 10.0. The van der Waals surface area contributed by atoms with Gasteiger partial charge in [0.05, 0.1) is 30.5 Å². The summed E-state index contributed by atoms with van der Waals surface area (Å²) in [5, 5.41) is 9.42. The van der Waals surface area contributed by atoms with E-state index in [9.17, 15) is 9.90 Å². The van der Waals surface area contributed by atoms with Gasteiger partial charge < -0.3 is 19.6 Å². The Morgan fingerprint density at radius 3 is 2.67 bits per heavy atom. The molecular formula is C24H33N3O3. The molecule has 6 heteroatoms. The van der Waals surface area contributed by atoms with Crippen molar-refractivity contribution in [2.45, 2.75) is 77.6 Å². The number of ether oxygens (including phenoxy) is 1. The van der Waals surface area contributed by atoms with Gasteiger partial charge in [0, 0.05) is 37.1 Å². The summed E-state index contributed by atoms with van der Waals surface area (Å²) in [6.45, 7) is 9.20. The lowest BCUT2D eigenvalue weighted by molar-refractivity contribution is 0.00311. The zero-order valence-electron chi connectivity index (χ0n) is 18.4. The van der Waals surface area contributed by atoms with Crippen LogP contribution in [-0.2, 0) is 11.3 Å². The summed E-state index contributed by atoms with van der Waals surface area (Å²) >= 11 is 0. The number of rotatable bonds is 6. The van der Waals surface area contributed by atoms with Gasteiger partial charge in [-0.3, -0.25) is 4.79 Å². The smallest absolute Gasteiger partial charge is 0.256 e. The third kappa shape index (κ3) is 2.90. The fourth-order valence-corrected chi connectivity index (χ4v) is 5.71. The van der Waals surface area contributed by atoms with Crippen molar-refractivity contribution >= 4 is 11.7 Å². The molecule has 5 atom stereocenters. The number of carbonyl (C=O) groups excluding carboxylic acids is 1. The van der Waals surface area contributed by atoms with Crippen molar-refractivity contribution in [3.63, 3.8) is 0 Å². The number of hydrogen-bond donors (Lipinski definition) is 1. The largest absolute Gasteiger partial charge is 0.396 e. The fraction of sp³-hybridized carbons (Fsp3) is 0.750. The van der Waals surface area contributed by atoms with E-state index < -0.39 is 0 Å². The minimum atomic E-state index is 0.107. The Bertz CT molecular complexity index is 911. The van der Waals surface area contributed by atoms with Crippen LogP contribution in [0.15, 0.2) is 0 Å². The van der Waals surface area contributed by atoms with Crippen LogP contribution in [0, 0.1) is 31.1 Å². The van der Waals surface area contributed by atoms with Crippen LogP contribution in [0.2, 0.25) is 0 Å². The first-order valence-corrected chi connectivity index (χ1v) is 11.7. The lowest BCUT2D eigenvalue weighted by Crippen LogP contribution is -2.40. The molecule has 0 spiro atoms. The summed E-state index contributed by atoms with van der Waals surface area (Å²) in [5.41, 5.74) is 4.42. The minimum absolute atomic E-state index is 0.107. The molecule has 6 nitrogen and oxygen atoms in total. The van der Waals surface area contributed by atoms with Gasteiger partial charge in [-0.05, 0) is 62.5 Å². The first kappa shape index (κ1) is 19.1. The molecule has 1 aromatic heterocycles. The highest BCUT2D eigenvalue weighted by Gasteiger charge is 2.53. The van der Waals surface area contributed by atoms with Gasteiger partial charge in [0.15, 0.2) is 0 Å². The van der Waals surface area contributed by atoms with E-state index in [4.69, 9.17) is 9.72 Å². The lowest BCUT2D eigenvalue weighted by Gasteiger charge is -2.34. The minimum Gasteiger partial charge on any atom is -0.396 e. The summed E-state index contributed by atoms with van der Waals surface area (Å²) in [6, 6.07) is 0.726. The molecule has 5 unspecified atom stereocenters. The van der Waals surface area contributed by atoms with Gasteiger partial charge in [0.1, 0.15) is 5.82 Å². The Balaban J connectivity index is 1.20. The topological polar surface area (TPSA) is 65.9 Å². The van der Waals surface area contributed by atoms with Crippen LogP contribution < -0.4 is 4.90 Å². The molecule has 4 fully saturated rings. The quantitative estimate of drug-likeness (QED) is 0.780. The molecule has 1 amide bonds. The predicted molar refractivity (Wildman–Crippen MR) is 114 cm³/mol. The molecule has 6 rings (SSSR count). The van der Waals surface area contributed by atoms with Crippen LogP contribution in [-0.4, -0.2) is 58.8 Å². The van der Waals surface area contributed by atoms with Crippen molar-refractivity contribution in [1.29, 1.82) is 0 Å². The Kier molecular flexibility index (Phi) is 4.08. The number of carbonyl (C=O) groups is 1. The maximum absolute atomic E-state index is 13.0. The summed E-state index contributed by atoms with van der Waals surface area (Å²) in [6.07, 6.45) is 6.21. The van der Waals surface area contributed by atoms with E-state index in [-0.39, 0.29) is 24.5 Å². The van der Waals surface area contributed by atoms with Crippen LogP contribution in [0.3, 0.4) is 0 Å². The maximum Gasteiger partial charge on any atom is 0.256 e. The zero-order chi connectivity index (χ0) is 20.8. The second-order valence-electron chi connectivity index (χ2n) is 10.8. The molecule has 30 heavy (non-hydrogen) atoms. The number of nitrogens with zero attached hydrogens (tertiary/aromatic N) is 3. The van der Waals surface area contributed by atoms with Gasteiger partial charge >= 0.3 is 0 Å². The van der Waals surface area contributed by atoms with Gasteiger partial charge in [0.25, 0.3) is 5.91 Å². The molecule has 0 aromatic carbocycles. The molecule has 1 aromatic rings. The first-order chi connectivity index (χ1) is 14.4. The van der Waals surface area contributed by atoms with Crippen molar-refractivity contribution < 1.29 is 14.6 Å². The number of amides is 1. The van der Waals surface area contributed by atoms with Gasteiger partial charge in [-0.1, -0.05) is 6.92 Å². The van der Waals surface area contributed by atoms with Crippen LogP contribution >= 0.6 is 0 Å². The SMILES string of the molecule is Cc1c(N2CCC(OCC3(C)CC3)C3CC32)nc2c(c1C)C(=O)N(C1CC1CO)C2. The van der Waals surface area contributed by atoms with Gasteiger partial charge in [0.2, 0.25) is 0 Å². The van der Waals surface area contributed by atoms with E-state index in [1.807, 2.05) is 4.90 Å². The monoisotopic (exact) mass is 411 g/mol. The number of fused-ring (bicyclic) bond motifs is 2. The van der Waals surface area contributed by atoms with Crippen molar-refractivity contribution in [3.05, 3.63) is 22.4 Å². The van der Waals surface area contributed by atoms with Gasteiger partial charge in [-0.15, -0.1) is 0 Å². The highest BCUT2D eigenvalue weighted by molar-refractivity contribution is 6.00. The van der Waals surface area contributed by atoms with E-state index in [1.54, 1.807) is 0 Å². The summed E-state index contributed by atoms with van der Waals surface area (Å²) in [7, 11) is 0. The molecule has 2 aliphatic heterocycles. The van der Waals surface area contributed by atoms with Crippen molar-refractivity contribution in [3.8, 4) is 0 Å². The van der Waals surface area contributed by atoms with Gasteiger partial charge in [-0.2, -0.15) is 0 Å². The number of hydrogen-bond acceptors (Lipinski definition) is 5. The van der Waals surface area contributed by atoms with Crippen molar-refractivity contribution in [2.75, 3.05) is 24.7 Å². The van der Waals surface area contributed by atoms with Crippen LogP contribution in [0.25, 0.3) is 0 Å². The normalized spacial score (nSPS) is 35.3. The van der Waals surface area contributed by atoms with Crippen molar-refractivity contribution in [1.82, 2.24) is 9.88 Å². The Morgan fingerprint density at radius 1 is 1.17 bits per heavy atom. The summed E-state index contributed by atoms with van der Waals surface area (Å²) in [5.74, 6) is 2.06. The second-order valence-corrected chi connectivity index (χ2v) is 10.8. The number of aliphatic hydroxyl groups excluding tert-OH is 1. The van der Waals surface area contributed by atoms with Crippen LogP contribution in [0.5, 0.6) is 0 Å². The first-order valence-electron chi connectivity index (χ1n) is 11.7. The molecule has 1 saturated heterocycles. The third-order valence-corrected chi connectivity index (χ3v) is 8.48. The molecule has 5 aliphatic rings. The van der Waals surface area contributed by atoms with E-state index >= 15 is 0 Å². The van der Waals surface area contributed by atoms with Crippen molar-refractivity contribution in [2.24, 2.45) is 17.3 Å². The molecule has 0 bridgehead atoms. The molecule has 162 valence electrons. The van der Waals surface area contributed by atoms with Gasteiger partial charge in [-0.25, -0.2) is 4.98 Å². The Labute approximate surface area is 178 Å². The highest BCUT2D eigenvalue weighted by atomic mass is 16.5. The average Bonchev–Trinajstić information content (AvgIpc) is 3.62. The molecule has 3 aliphatic carbocycles. The Hall–Kier alpha value is -1.66. The number of anilines is 1. The molecule has 3 heterocycles. The maximum atomic E-state index is 13.0. The third-order valence-electron chi connectivity index (χ3n) is 8.48. The fourth-order valence-electron chi connectivity index (χ4n) is 5.71. The standard InChI is InChI=1S/C24H33N3O3/c1-13-14(2)22(25-17-10-27(23(29)21(13)17)18-8-15(18)11-28)26-7-4-20(16-9-19(16)26)30-12-24(3)5-6-24/h15-16,18-20,28H,4-12H2,1-3H3. The molecule has 0 radical (unpaired) electrons. The predicted octanol–water partition coefficient (Wildman–Crippen LogP) is 2.82. The average molecular weight is 412 g/mol.